The highest BCUT2D eigenvalue weighted by atomic mass is 35.5. The van der Waals surface area contributed by atoms with Crippen molar-refractivity contribution in [1.82, 2.24) is 14.7 Å². The normalized spacial score (nSPS) is 18.9. The van der Waals surface area contributed by atoms with Gasteiger partial charge >= 0.3 is 0 Å². The molecule has 0 saturated carbocycles. The molecule has 0 bridgehead atoms. The number of piperidine rings is 1. The number of rotatable bonds is 7. The molecule has 0 atom stereocenters. The van der Waals surface area contributed by atoms with Gasteiger partial charge in [0.15, 0.2) is 11.5 Å². The molecule has 2 saturated heterocycles. The summed E-state index contributed by atoms with van der Waals surface area (Å²) in [5.74, 6) is 1.57. The van der Waals surface area contributed by atoms with Crippen LogP contribution in [0, 0.1) is 0 Å². The van der Waals surface area contributed by atoms with Crippen molar-refractivity contribution in [2.24, 2.45) is 0 Å². The molecule has 7 heteroatoms. The van der Waals surface area contributed by atoms with Gasteiger partial charge in [-0.1, -0.05) is 11.6 Å². The molecule has 156 valence electrons. The van der Waals surface area contributed by atoms with Gasteiger partial charge in [-0.2, -0.15) is 0 Å². The summed E-state index contributed by atoms with van der Waals surface area (Å²) in [6.07, 6.45) is 3.55. The number of hydrogen-bond donors (Lipinski definition) is 0. The maximum Gasteiger partial charge on any atom is 0.236 e. The average molecular weight is 410 g/mol. The van der Waals surface area contributed by atoms with E-state index in [-0.39, 0.29) is 5.91 Å². The first-order chi connectivity index (χ1) is 13.6. The van der Waals surface area contributed by atoms with Crippen molar-refractivity contribution in [3.8, 4) is 11.5 Å². The predicted octanol–water partition coefficient (Wildman–Crippen LogP) is 2.88. The van der Waals surface area contributed by atoms with Crippen LogP contribution < -0.4 is 9.47 Å². The molecule has 1 amide bonds. The van der Waals surface area contributed by atoms with E-state index in [1.807, 2.05) is 24.0 Å². The largest absolute Gasteiger partial charge is 0.493 e. The van der Waals surface area contributed by atoms with Crippen LogP contribution in [0.1, 0.15) is 31.7 Å². The maximum atomic E-state index is 12.5. The van der Waals surface area contributed by atoms with Crippen molar-refractivity contribution < 1.29 is 14.3 Å². The molecule has 2 fully saturated rings. The minimum absolute atomic E-state index is 0.288. The Bertz CT molecular complexity index is 657. The Morgan fingerprint density at radius 2 is 1.71 bits per heavy atom. The van der Waals surface area contributed by atoms with Gasteiger partial charge in [0.1, 0.15) is 0 Å². The van der Waals surface area contributed by atoms with E-state index in [2.05, 4.69) is 9.80 Å². The van der Waals surface area contributed by atoms with E-state index >= 15 is 0 Å². The first kappa shape index (κ1) is 21.2. The Morgan fingerprint density at radius 1 is 1.04 bits per heavy atom. The van der Waals surface area contributed by atoms with E-state index in [0.717, 1.165) is 64.2 Å². The fourth-order valence-corrected chi connectivity index (χ4v) is 4.24. The zero-order valence-corrected chi connectivity index (χ0v) is 17.8. The highest BCUT2D eigenvalue weighted by molar-refractivity contribution is 6.32. The number of amides is 1. The number of methoxy groups -OCH3 is 1. The van der Waals surface area contributed by atoms with Gasteiger partial charge in [0.2, 0.25) is 5.91 Å². The zero-order chi connectivity index (χ0) is 19.9. The van der Waals surface area contributed by atoms with E-state index in [9.17, 15) is 4.79 Å². The summed E-state index contributed by atoms with van der Waals surface area (Å²) in [6, 6.07) is 3.96. The lowest BCUT2D eigenvalue weighted by Gasteiger charge is -2.36. The minimum Gasteiger partial charge on any atom is -0.493 e. The Kier molecular flexibility index (Phi) is 7.82. The molecule has 2 heterocycles. The molecule has 0 unspecified atom stereocenters. The molecule has 3 rings (SSSR count). The summed E-state index contributed by atoms with van der Waals surface area (Å²) in [7, 11) is 1.64. The molecule has 0 radical (unpaired) electrons. The van der Waals surface area contributed by atoms with E-state index in [0.29, 0.717) is 29.7 Å². The number of carbonyl (C=O) groups is 1. The lowest BCUT2D eigenvalue weighted by molar-refractivity contribution is -0.133. The Labute approximate surface area is 173 Å². The minimum atomic E-state index is 0.288. The Morgan fingerprint density at radius 3 is 2.36 bits per heavy atom. The van der Waals surface area contributed by atoms with Crippen LogP contribution >= 0.6 is 11.6 Å². The maximum absolute atomic E-state index is 12.5. The summed E-state index contributed by atoms with van der Waals surface area (Å²) in [4.78, 5) is 19.2. The van der Waals surface area contributed by atoms with E-state index in [1.54, 1.807) is 7.11 Å². The molecule has 0 aliphatic carbocycles. The summed E-state index contributed by atoms with van der Waals surface area (Å²) in [5.41, 5.74) is 1.11. The SMILES string of the molecule is CCOc1c(Cl)cc(CN2CCN(CC(=O)N3CCCCC3)CC2)cc1OC. The van der Waals surface area contributed by atoms with Crippen LogP contribution in [0.2, 0.25) is 5.02 Å². The van der Waals surface area contributed by atoms with Crippen LogP contribution in [0.15, 0.2) is 12.1 Å². The van der Waals surface area contributed by atoms with Crippen molar-refractivity contribution in [3.05, 3.63) is 22.7 Å². The Hall–Kier alpha value is -1.50. The van der Waals surface area contributed by atoms with E-state index in [1.165, 1.54) is 6.42 Å². The summed E-state index contributed by atoms with van der Waals surface area (Å²) >= 11 is 6.39. The molecule has 2 aliphatic rings. The molecule has 28 heavy (non-hydrogen) atoms. The van der Waals surface area contributed by atoms with E-state index < -0.39 is 0 Å². The third kappa shape index (κ3) is 5.52. The zero-order valence-electron chi connectivity index (χ0n) is 17.1. The van der Waals surface area contributed by atoms with Crippen LogP contribution in [-0.2, 0) is 11.3 Å². The first-order valence-electron chi connectivity index (χ1n) is 10.3. The molecule has 6 nitrogen and oxygen atoms in total. The predicted molar refractivity (Wildman–Crippen MR) is 111 cm³/mol. The lowest BCUT2D eigenvalue weighted by atomic mass is 10.1. The number of hydrogen-bond acceptors (Lipinski definition) is 5. The molecule has 1 aromatic carbocycles. The van der Waals surface area contributed by atoms with Gasteiger partial charge in [-0.3, -0.25) is 14.6 Å². The molecule has 0 N–H and O–H groups in total. The van der Waals surface area contributed by atoms with Gasteiger partial charge < -0.3 is 14.4 Å². The van der Waals surface area contributed by atoms with Crippen LogP contribution in [0.5, 0.6) is 11.5 Å². The van der Waals surface area contributed by atoms with Crippen LogP contribution in [0.3, 0.4) is 0 Å². The van der Waals surface area contributed by atoms with Gasteiger partial charge in [0.25, 0.3) is 0 Å². The number of carbonyl (C=O) groups excluding carboxylic acids is 1. The molecule has 0 aromatic heterocycles. The molecule has 1 aromatic rings. The van der Waals surface area contributed by atoms with Crippen molar-refractivity contribution in [3.63, 3.8) is 0 Å². The van der Waals surface area contributed by atoms with Gasteiger partial charge in [0.05, 0.1) is 25.3 Å². The number of piperazine rings is 1. The molecular formula is C21H32ClN3O3. The quantitative estimate of drug-likeness (QED) is 0.692. The van der Waals surface area contributed by atoms with Gasteiger partial charge in [0, 0.05) is 45.8 Å². The van der Waals surface area contributed by atoms with Crippen molar-refractivity contribution in [1.29, 1.82) is 0 Å². The average Bonchev–Trinajstić information content (AvgIpc) is 2.72. The number of nitrogens with zero attached hydrogens (tertiary/aromatic N) is 3. The number of benzene rings is 1. The third-order valence-corrected chi connectivity index (χ3v) is 5.80. The number of ether oxygens (including phenoxy) is 2. The summed E-state index contributed by atoms with van der Waals surface area (Å²) in [6.45, 7) is 9.43. The second kappa shape index (κ2) is 10.3. The standard InChI is InChI=1S/C21H32ClN3O3/c1-3-28-21-18(22)13-17(14-19(21)27-2)15-23-9-11-24(12-10-23)16-20(26)25-7-5-4-6-8-25/h13-14H,3-12,15-16H2,1-2H3. The highest BCUT2D eigenvalue weighted by Gasteiger charge is 2.23. The number of likely N-dealkylation sites (tertiary alicyclic amines) is 1. The summed E-state index contributed by atoms with van der Waals surface area (Å²) < 4.78 is 11.0. The van der Waals surface area contributed by atoms with Crippen molar-refractivity contribution in [2.75, 3.05) is 59.5 Å². The van der Waals surface area contributed by atoms with Crippen molar-refractivity contribution in [2.45, 2.75) is 32.7 Å². The third-order valence-electron chi connectivity index (χ3n) is 5.52. The second-order valence-corrected chi connectivity index (χ2v) is 7.94. The second-order valence-electron chi connectivity index (χ2n) is 7.54. The molecule has 0 spiro atoms. The van der Waals surface area contributed by atoms with E-state index in [4.69, 9.17) is 21.1 Å². The smallest absolute Gasteiger partial charge is 0.236 e. The van der Waals surface area contributed by atoms with Gasteiger partial charge in [-0.05, 0) is 43.9 Å². The Balaban J connectivity index is 1.50. The topological polar surface area (TPSA) is 45.2 Å². The highest BCUT2D eigenvalue weighted by Crippen LogP contribution is 2.36. The molecular weight excluding hydrogens is 378 g/mol. The number of halogens is 1. The van der Waals surface area contributed by atoms with Gasteiger partial charge in [-0.25, -0.2) is 0 Å². The summed E-state index contributed by atoms with van der Waals surface area (Å²) in [5, 5.41) is 0.585. The van der Waals surface area contributed by atoms with Crippen LogP contribution in [0.4, 0.5) is 0 Å². The monoisotopic (exact) mass is 409 g/mol. The fraction of sp³-hybridized carbons (Fsp3) is 0.667. The van der Waals surface area contributed by atoms with Crippen molar-refractivity contribution >= 4 is 17.5 Å². The van der Waals surface area contributed by atoms with Crippen LogP contribution in [0.25, 0.3) is 0 Å². The lowest BCUT2D eigenvalue weighted by Crippen LogP contribution is -2.50. The first-order valence-corrected chi connectivity index (χ1v) is 10.7. The fourth-order valence-electron chi connectivity index (χ4n) is 3.95. The van der Waals surface area contributed by atoms with Crippen LogP contribution in [-0.4, -0.2) is 80.1 Å². The molecule has 2 aliphatic heterocycles. The van der Waals surface area contributed by atoms with Gasteiger partial charge in [-0.15, -0.1) is 0 Å².